The molecule has 2 aliphatic rings. The highest BCUT2D eigenvalue weighted by atomic mass is 16.5. The minimum atomic E-state index is 0.192. The number of ether oxygens (including phenoxy) is 1. The zero-order valence-electron chi connectivity index (χ0n) is 10.5. The Labute approximate surface area is 103 Å². The smallest absolute Gasteiger partial charge is 0.0475 e. The largest absolute Gasteiger partial charge is 0.381 e. The number of hydrogen-bond acceptors (Lipinski definition) is 2. The van der Waals surface area contributed by atoms with Gasteiger partial charge in [0.15, 0.2) is 0 Å². The lowest BCUT2D eigenvalue weighted by Crippen LogP contribution is -2.52. The Morgan fingerprint density at radius 1 is 1.29 bits per heavy atom. The van der Waals surface area contributed by atoms with Crippen LogP contribution in [0.25, 0.3) is 0 Å². The van der Waals surface area contributed by atoms with Gasteiger partial charge in [-0.05, 0) is 49.3 Å². The van der Waals surface area contributed by atoms with Gasteiger partial charge < -0.3 is 10.5 Å². The lowest BCUT2D eigenvalue weighted by molar-refractivity contribution is 0.0359. The first-order valence-electron chi connectivity index (χ1n) is 6.66. The van der Waals surface area contributed by atoms with Crippen molar-refractivity contribution in [3.05, 3.63) is 34.9 Å². The molecule has 2 nitrogen and oxygen atoms in total. The topological polar surface area (TPSA) is 35.2 Å². The van der Waals surface area contributed by atoms with Crippen LogP contribution in [0.3, 0.4) is 0 Å². The van der Waals surface area contributed by atoms with Crippen molar-refractivity contribution in [2.75, 3.05) is 13.2 Å². The molecule has 0 aromatic heterocycles. The van der Waals surface area contributed by atoms with E-state index in [4.69, 9.17) is 10.5 Å². The number of nitrogens with two attached hydrogens (primary N) is 1. The van der Waals surface area contributed by atoms with Gasteiger partial charge in [-0.25, -0.2) is 0 Å². The number of fused-ring (bicyclic) bond motifs is 2. The number of hydrogen-bond donors (Lipinski definition) is 1. The van der Waals surface area contributed by atoms with Gasteiger partial charge in [0.2, 0.25) is 0 Å². The van der Waals surface area contributed by atoms with Gasteiger partial charge in [0, 0.05) is 24.7 Å². The molecular formula is C15H21NO. The summed E-state index contributed by atoms with van der Waals surface area (Å²) in [6.07, 6.45) is 4.44. The summed E-state index contributed by atoms with van der Waals surface area (Å²) in [5.41, 5.74) is 11.1. The van der Waals surface area contributed by atoms with Crippen LogP contribution in [0.5, 0.6) is 0 Å². The summed E-state index contributed by atoms with van der Waals surface area (Å²) >= 11 is 0. The molecule has 3 rings (SSSR count). The van der Waals surface area contributed by atoms with Crippen LogP contribution in [-0.4, -0.2) is 19.3 Å². The van der Waals surface area contributed by atoms with E-state index in [9.17, 15) is 0 Å². The van der Waals surface area contributed by atoms with Crippen molar-refractivity contribution in [1.29, 1.82) is 0 Å². The van der Waals surface area contributed by atoms with Crippen molar-refractivity contribution in [1.82, 2.24) is 0 Å². The molecule has 1 aromatic rings. The van der Waals surface area contributed by atoms with Crippen molar-refractivity contribution in [2.45, 2.75) is 44.1 Å². The highest BCUT2D eigenvalue weighted by molar-refractivity contribution is 5.43. The Kier molecular flexibility index (Phi) is 2.72. The van der Waals surface area contributed by atoms with Gasteiger partial charge in [0.25, 0.3) is 0 Å². The average Bonchev–Trinajstić information content (AvgIpc) is 2.36. The van der Waals surface area contributed by atoms with E-state index in [0.29, 0.717) is 6.04 Å². The van der Waals surface area contributed by atoms with Crippen molar-refractivity contribution < 1.29 is 4.74 Å². The number of benzene rings is 1. The highest BCUT2D eigenvalue weighted by Gasteiger charge is 2.43. The number of aryl methyl sites for hydroxylation is 1. The van der Waals surface area contributed by atoms with E-state index in [2.05, 4.69) is 25.1 Å². The molecule has 1 saturated heterocycles. The van der Waals surface area contributed by atoms with E-state index in [1.807, 2.05) is 0 Å². The highest BCUT2D eigenvalue weighted by Crippen LogP contribution is 2.44. The summed E-state index contributed by atoms with van der Waals surface area (Å²) in [4.78, 5) is 0. The van der Waals surface area contributed by atoms with Crippen molar-refractivity contribution in [3.8, 4) is 0 Å². The SMILES string of the molecule is Cc1cccc2c1CCC(N)C21CCOCC1. The van der Waals surface area contributed by atoms with Gasteiger partial charge in [-0.15, -0.1) is 0 Å². The van der Waals surface area contributed by atoms with E-state index in [1.165, 1.54) is 11.1 Å². The van der Waals surface area contributed by atoms with Gasteiger partial charge in [-0.2, -0.15) is 0 Å². The van der Waals surface area contributed by atoms with E-state index in [1.54, 1.807) is 5.56 Å². The predicted molar refractivity (Wildman–Crippen MR) is 69.2 cm³/mol. The third-order valence-corrected chi connectivity index (χ3v) is 4.75. The van der Waals surface area contributed by atoms with Crippen LogP contribution in [0, 0.1) is 6.92 Å². The molecular weight excluding hydrogens is 210 g/mol. The summed E-state index contributed by atoms with van der Waals surface area (Å²) < 4.78 is 5.54. The molecule has 0 amide bonds. The molecule has 0 saturated carbocycles. The fourth-order valence-corrected chi connectivity index (χ4v) is 3.65. The average molecular weight is 231 g/mol. The van der Waals surface area contributed by atoms with Crippen LogP contribution in [0.1, 0.15) is 36.0 Å². The first-order valence-corrected chi connectivity index (χ1v) is 6.66. The van der Waals surface area contributed by atoms with E-state index < -0.39 is 0 Å². The van der Waals surface area contributed by atoms with Crippen molar-refractivity contribution in [2.24, 2.45) is 5.73 Å². The van der Waals surface area contributed by atoms with Gasteiger partial charge in [0.1, 0.15) is 0 Å². The molecule has 17 heavy (non-hydrogen) atoms. The van der Waals surface area contributed by atoms with Gasteiger partial charge >= 0.3 is 0 Å². The van der Waals surface area contributed by atoms with Crippen LogP contribution in [0.2, 0.25) is 0 Å². The van der Waals surface area contributed by atoms with E-state index in [-0.39, 0.29) is 5.41 Å². The standard InChI is InChI=1S/C15H21NO/c1-11-3-2-4-13-12(11)5-6-14(16)15(13)7-9-17-10-8-15/h2-4,14H,5-10,16H2,1H3. The predicted octanol–water partition coefficient (Wildman–Crippen LogP) is 2.32. The molecule has 92 valence electrons. The summed E-state index contributed by atoms with van der Waals surface area (Å²) in [6, 6.07) is 7.01. The van der Waals surface area contributed by atoms with Crippen LogP contribution in [0.4, 0.5) is 0 Å². The second kappa shape index (κ2) is 4.11. The Morgan fingerprint density at radius 3 is 2.82 bits per heavy atom. The molecule has 1 heterocycles. The Morgan fingerprint density at radius 2 is 2.06 bits per heavy atom. The minimum absolute atomic E-state index is 0.192. The zero-order chi connectivity index (χ0) is 11.9. The normalized spacial score (nSPS) is 26.8. The molecule has 1 unspecified atom stereocenters. The van der Waals surface area contributed by atoms with Gasteiger partial charge in [-0.3, -0.25) is 0 Å². The first-order chi connectivity index (χ1) is 8.24. The molecule has 1 aliphatic carbocycles. The van der Waals surface area contributed by atoms with Gasteiger partial charge in [-0.1, -0.05) is 18.2 Å². The molecule has 1 aromatic carbocycles. The Balaban J connectivity index is 2.12. The fraction of sp³-hybridized carbons (Fsp3) is 0.600. The molecule has 0 radical (unpaired) electrons. The van der Waals surface area contributed by atoms with Crippen LogP contribution < -0.4 is 5.73 Å². The lowest BCUT2D eigenvalue weighted by atomic mass is 9.62. The number of rotatable bonds is 0. The monoisotopic (exact) mass is 231 g/mol. The lowest BCUT2D eigenvalue weighted by Gasteiger charge is -2.46. The van der Waals surface area contributed by atoms with Crippen molar-refractivity contribution >= 4 is 0 Å². The summed E-state index contributed by atoms with van der Waals surface area (Å²) in [7, 11) is 0. The molecule has 0 bridgehead atoms. The molecule has 1 aliphatic heterocycles. The van der Waals surface area contributed by atoms with Crippen LogP contribution >= 0.6 is 0 Å². The summed E-state index contributed by atoms with van der Waals surface area (Å²) in [6.45, 7) is 3.95. The van der Waals surface area contributed by atoms with E-state index >= 15 is 0 Å². The molecule has 1 atom stereocenters. The molecule has 2 heteroatoms. The maximum atomic E-state index is 6.45. The van der Waals surface area contributed by atoms with Crippen molar-refractivity contribution in [3.63, 3.8) is 0 Å². The molecule has 2 N–H and O–H groups in total. The maximum absolute atomic E-state index is 6.45. The third-order valence-electron chi connectivity index (χ3n) is 4.75. The summed E-state index contributed by atoms with van der Waals surface area (Å²) in [5.74, 6) is 0. The van der Waals surface area contributed by atoms with Gasteiger partial charge in [0.05, 0.1) is 0 Å². The summed E-state index contributed by atoms with van der Waals surface area (Å²) in [5, 5.41) is 0. The Hall–Kier alpha value is -0.860. The molecule has 1 fully saturated rings. The van der Waals surface area contributed by atoms with Crippen LogP contribution in [0.15, 0.2) is 18.2 Å². The quantitative estimate of drug-likeness (QED) is 0.743. The zero-order valence-corrected chi connectivity index (χ0v) is 10.5. The second-order valence-electron chi connectivity index (χ2n) is 5.51. The second-order valence-corrected chi connectivity index (χ2v) is 5.51. The molecule has 1 spiro atoms. The third kappa shape index (κ3) is 1.62. The Bertz CT molecular complexity index is 421. The minimum Gasteiger partial charge on any atom is -0.381 e. The van der Waals surface area contributed by atoms with Crippen LogP contribution in [-0.2, 0) is 16.6 Å². The van der Waals surface area contributed by atoms with E-state index in [0.717, 1.165) is 38.9 Å². The first kappa shape index (κ1) is 11.2. The fourth-order valence-electron chi connectivity index (χ4n) is 3.65. The maximum Gasteiger partial charge on any atom is 0.0475 e.